The lowest BCUT2D eigenvalue weighted by molar-refractivity contribution is -0.384. The molecule has 2 aromatic rings. The summed E-state index contributed by atoms with van der Waals surface area (Å²) in [6, 6.07) is 7.20. The van der Waals surface area contributed by atoms with E-state index in [0.29, 0.717) is 34.0 Å². The van der Waals surface area contributed by atoms with E-state index in [1.54, 1.807) is 4.90 Å². The van der Waals surface area contributed by atoms with Crippen molar-refractivity contribution in [2.45, 2.75) is 24.2 Å². The van der Waals surface area contributed by atoms with Gasteiger partial charge in [0, 0.05) is 25.2 Å². The number of likely N-dealkylation sites (tertiary alicyclic amines) is 1. The van der Waals surface area contributed by atoms with Crippen molar-refractivity contribution in [3.8, 4) is 11.5 Å². The standard InChI is InChI=1S/C24H22IN3O9S2/c1-36-19-12-15(11-18(25)22(19)37-39(34,35)17-7-5-16(6-8-17)28(32)33)13-20-23(30)27(24(31)38-20)14-21(29)26-9-3-2-4-10-26/h5-8,11-13H,2-4,9-10,14H2,1H3/b20-13-. The number of nitro groups is 1. The van der Waals surface area contributed by atoms with Gasteiger partial charge in [-0.3, -0.25) is 29.4 Å². The lowest BCUT2D eigenvalue weighted by atomic mass is 10.1. The third kappa shape index (κ3) is 6.52. The molecule has 0 N–H and O–H groups in total. The van der Waals surface area contributed by atoms with Gasteiger partial charge in [0.05, 0.1) is 20.5 Å². The molecule has 4 rings (SSSR count). The van der Waals surface area contributed by atoms with Gasteiger partial charge < -0.3 is 13.8 Å². The maximum absolute atomic E-state index is 12.9. The van der Waals surface area contributed by atoms with Gasteiger partial charge in [-0.15, -0.1) is 0 Å². The Bertz CT molecular complexity index is 1470. The van der Waals surface area contributed by atoms with Crippen LogP contribution < -0.4 is 8.92 Å². The number of carbonyl (C=O) groups is 3. The van der Waals surface area contributed by atoms with Gasteiger partial charge in [0.1, 0.15) is 11.4 Å². The number of hydrogen-bond donors (Lipinski definition) is 0. The van der Waals surface area contributed by atoms with Crippen molar-refractivity contribution in [2.24, 2.45) is 0 Å². The molecule has 15 heteroatoms. The number of hydrogen-bond acceptors (Lipinski definition) is 10. The number of rotatable bonds is 8. The van der Waals surface area contributed by atoms with E-state index in [1.807, 2.05) is 22.6 Å². The number of carbonyl (C=O) groups excluding carboxylic acids is 3. The quantitative estimate of drug-likeness (QED) is 0.131. The molecule has 0 atom stereocenters. The SMILES string of the molecule is COc1cc(/C=C2\SC(=O)N(CC(=O)N3CCCCC3)C2=O)cc(I)c1OS(=O)(=O)c1ccc([N+](=O)[O-])cc1. The smallest absolute Gasteiger partial charge is 0.339 e. The summed E-state index contributed by atoms with van der Waals surface area (Å²) in [4.78, 5) is 50.6. The van der Waals surface area contributed by atoms with Gasteiger partial charge in [-0.1, -0.05) is 0 Å². The molecule has 2 saturated heterocycles. The minimum Gasteiger partial charge on any atom is -0.493 e. The summed E-state index contributed by atoms with van der Waals surface area (Å²) in [6.07, 6.45) is 4.28. The van der Waals surface area contributed by atoms with Crippen LogP contribution in [0, 0.1) is 13.7 Å². The summed E-state index contributed by atoms with van der Waals surface area (Å²) in [7, 11) is -3.05. The summed E-state index contributed by atoms with van der Waals surface area (Å²) < 4.78 is 36.5. The first kappa shape index (κ1) is 28.8. The molecule has 12 nitrogen and oxygen atoms in total. The first-order chi connectivity index (χ1) is 18.5. The van der Waals surface area contributed by atoms with Crippen LogP contribution in [0.3, 0.4) is 0 Å². The lowest BCUT2D eigenvalue weighted by Gasteiger charge is -2.27. The highest BCUT2D eigenvalue weighted by Crippen LogP contribution is 2.38. The molecular weight excluding hydrogens is 665 g/mol. The van der Waals surface area contributed by atoms with Crippen molar-refractivity contribution >= 4 is 73.3 Å². The normalized spacial score (nSPS) is 17.0. The van der Waals surface area contributed by atoms with Gasteiger partial charge in [-0.25, -0.2) is 0 Å². The first-order valence-electron chi connectivity index (χ1n) is 11.6. The van der Waals surface area contributed by atoms with Gasteiger partial charge in [0.25, 0.3) is 16.8 Å². The van der Waals surface area contributed by atoms with Gasteiger partial charge in [0.2, 0.25) is 5.91 Å². The molecule has 0 aromatic heterocycles. The molecule has 2 heterocycles. The Kier molecular flexibility index (Phi) is 8.80. The maximum Gasteiger partial charge on any atom is 0.339 e. The zero-order valence-electron chi connectivity index (χ0n) is 20.5. The fourth-order valence-electron chi connectivity index (χ4n) is 3.96. The monoisotopic (exact) mass is 687 g/mol. The molecule has 0 spiro atoms. The second-order valence-electron chi connectivity index (χ2n) is 8.53. The van der Waals surface area contributed by atoms with E-state index in [9.17, 15) is 32.9 Å². The third-order valence-electron chi connectivity index (χ3n) is 5.95. The van der Waals surface area contributed by atoms with Crippen molar-refractivity contribution < 1.29 is 36.6 Å². The molecule has 3 amide bonds. The molecule has 0 unspecified atom stereocenters. The number of methoxy groups -OCH3 is 1. The van der Waals surface area contributed by atoms with E-state index in [0.717, 1.165) is 48.4 Å². The fourth-order valence-corrected chi connectivity index (χ4v) is 6.64. The number of thioether (sulfide) groups is 1. The van der Waals surface area contributed by atoms with Crippen LogP contribution in [0.2, 0.25) is 0 Å². The highest BCUT2D eigenvalue weighted by Gasteiger charge is 2.37. The number of benzene rings is 2. The number of nitrogens with zero attached hydrogens (tertiary/aromatic N) is 3. The fraction of sp³-hybridized carbons (Fsp3) is 0.292. The number of imide groups is 1. The minimum absolute atomic E-state index is 0.0399. The highest BCUT2D eigenvalue weighted by atomic mass is 127. The van der Waals surface area contributed by atoms with Crippen molar-refractivity contribution in [2.75, 3.05) is 26.7 Å². The number of nitro benzene ring substituents is 1. The molecule has 206 valence electrons. The number of piperidine rings is 1. The summed E-state index contributed by atoms with van der Waals surface area (Å²) in [5, 5.41) is 10.3. The lowest BCUT2D eigenvalue weighted by Crippen LogP contribution is -2.44. The molecule has 0 aliphatic carbocycles. The van der Waals surface area contributed by atoms with Crippen LogP contribution in [-0.2, 0) is 19.7 Å². The van der Waals surface area contributed by atoms with Crippen LogP contribution in [0.1, 0.15) is 24.8 Å². The molecule has 2 aliphatic heterocycles. The van der Waals surface area contributed by atoms with Gasteiger partial charge in [-0.05, 0) is 89.5 Å². The summed E-state index contributed by atoms with van der Waals surface area (Å²) in [5.41, 5.74) is 0.162. The van der Waals surface area contributed by atoms with Crippen molar-refractivity contribution in [3.63, 3.8) is 0 Å². The molecule has 2 aliphatic rings. The summed E-state index contributed by atoms with van der Waals surface area (Å²) >= 11 is 2.55. The Labute approximate surface area is 241 Å². The highest BCUT2D eigenvalue weighted by molar-refractivity contribution is 14.1. The van der Waals surface area contributed by atoms with Crippen LogP contribution in [-0.4, -0.2) is 66.9 Å². The van der Waals surface area contributed by atoms with Crippen LogP contribution in [0.15, 0.2) is 46.2 Å². The Morgan fingerprint density at radius 2 is 1.82 bits per heavy atom. The number of halogens is 1. The number of amides is 3. The average Bonchev–Trinajstić information content (AvgIpc) is 3.17. The minimum atomic E-state index is -4.36. The first-order valence-corrected chi connectivity index (χ1v) is 14.9. The van der Waals surface area contributed by atoms with E-state index in [-0.39, 0.29) is 39.4 Å². The van der Waals surface area contributed by atoms with Crippen LogP contribution in [0.5, 0.6) is 11.5 Å². The largest absolute Gasteiger partial charge is 0.493 e. The number of ether oxygens (including phenoxy) is 1. The van der Waals surface area contributed by atoms with Crippen molar-refractivity contribution in [3.05, 3.63) is 60.6 Å². The Hall–Kier alpha value is -3.18. The molecule has 0 bridgehead atoms. The molecule has 2 fully saturated rings. The zero-order valence-corrected chi connectivity index (χ0v) is 24.3. The Morgan fingerprint density at radius 1 is 1.15 bits per heavy atom. The topological polar surface area (TPSA) is 153 Å². The van der Waals surface area contributed by atoms with E-state index >= 15 is 0 Å². The predicted molar refractivity (Wildman–Crippen MR) is 150 cm³/mol. The maximum atomic E-state index is 12.9. The zero-order chi connectivity index (χ0) is 28.3. The Morgan fingerprint density at radius 3 is 2.44 bits per heavy atom. The predicted octanol–water partition coefficient (Wildman–Crippen LogP) is 4.02. The Balaban J connectivity index is 1.54. The van der Waals surface area contributed by atoms with E-state index in [4.69, 9.17) is 8.92 Å². The van der Waals surface area contributed by atoms with Crippen LogP contribution in [0.4, 0.5) is 10.5 Å². The summed E-state index contributed by atoms with van der Waals surface area (Å²) in [5.74, 6) is -0.942. The van der Waals surface area contributed by atoms with E-state index in [2.05, 4.69) is 0 Å². The third-order valence-corrected chi connectivity index (χ3v) is 8.90. The molecule has 0 saturated carbocycles. The second-order valence-corrected chi connectivity index (χ2v) is 12.2. The molecule has 39 heavy (non-hydrogen) atoms. The number of non-ortho nitro benzene ring substituents is 1. The average molecular weight is 687 g/mol. The second kappa shape index (κ2) is 11.9. The van der Waals surface area contributed by atoms with Gasteiger partial charge in [-0.2, -0.15) is 8.42 Å². The van der Waals surface area contributed by atoms with E-state index in [1.165, 1.54) is 25.3 Å². The molecular formula is C24H22IN3O9S2. The van der Waals surface area contributed by atoms with Crippen LogP contribution >= 0.6 is 34.4 Å². The van der Waals surface area contributed by atoms with Crippen molar-refractivity contribution in [1.82, 2.24) is 9.80 Å². The molecule has 0 radical (unpaired) electrons. The summed E-state index contributed by atoms with van der Waals surface area (Å²) in [6.45, 7) is 0.894. The molecule has 2 aromatic carbocycles. The van der Waals surface area contributed by atoms with Gasteiger partial charge >= 0.3 is 10.1 Å². The van der Waals surface area contributed by atoms with Crippen molar-refractivity contribution in [1.29, 1.82) is 0 Å². The van der Waals surface area contributed by atoms with E-state index < -0.39 is 26.2 Å². The van der Waals surface area contributed by atoms with Gasteiger partial charge in [0.15, 0.2) is 11.5 Å². The van der Waals surface area contributed by atoms with Crippen LogP contribution in [0.25, 0.3) is 6.08 Å².